The zero-order valence-electron chi connectivity index (χ0n) is 42.7. The summed E-state index contributed by atoms with van der Waals surface area (Å²) in [4.78, 5) is 39.0. The Kier molecular flexibility index (Phi) is 17.5. The van der Waals surface area contributed by atoms with Crippen LogP contribution in [-0.4, -0.2) is 151 Å². The highest BCUT2D eigenvalue weighted by Crippen LogP contribution is 2.48. The molecule has 1 spiro atoms. The highest BCUT2D eigenvalue weighted by atomic mass is 16.7. The number of carboxylic acids is 1. The number of aliphatic hydroxyl groups excluding tert-OH is 1. The Hall–Kier alpha value is -3.33. The first kappa shape index (κ1) is 53.9. The van der Waals surface area contributed by atoms with Crippen LogP contribution in [0.15, 0.2) is 59.3 Å². The molecule has 8 aliphatic rings. The molecule has 6 heterocycles. The smallest absolute Gasteiger partial charge is 0.316 e. The van der Waals surface area contributed by atoms with Crippen molar-refractivity contribution in [1.82, 2.24) is 0 Å². The summed E-state index contributed by atoms with van der Waals surface area (Å²) in [7, 11) is 3.19. The average molecular weight is 999 g/mol. The Morgan fingerprint density at radius 1 is 0.831 bits per heavy atom. The molecule has 2 aliphatic carbocycles. The summed E-state index contributed by atoms with van der Waals surface area (Å²) in [6, 6.07) is 0. The standard InChI is InChI=1S/C54H78O17/c1-29-13-12-16-36-28-63-51-49(67-43(57)20-19-42(55)56)32(4)23-39(54(36,51)60)52(59)66-38-24-37(70-53(27-38)22-21-31(3)48(71-53)35-14-10-9-11-15-35)18-17-30(2)47(29)68-45-26-41(62-8)50(34(6)65-45)69-44-25-40(61-7)46(58)33(5)64-44/h12-13,16-17,21-23,29,31,33-35,37-41,44-51,58,60H,9-11,14-15,18-20,24-28H2,1-8H3,(H,55,56)/b13-12+,30-17+,36-16+/t29-,31-,33-,34-,37+,38-,39-,40-,41-,44-,45-,46-,47-,48-,49+,50-,51+,53+,54+/m0/s1. The Balaban J connectivity index is 1.10. The number of carboxylic acid groups (broad SMARTS) is 1. The predicted molar refractivity (Wildman–Crippen MR) is 255 cm³/mol. The van der Waals surface area contributed by atoms with Gasteiger partial charge < -0.3 is 67.4 Å². The number of esters is 2. The number of fused-ring (bicyclic) bond motifs is 2. The molecule has 2 bridgehead atoms. The third-order valence-electron chi connectivity index (χ3n) is 16.2. The van der Waals surface area contributed by atoms with E-state index >= 15 is 0 Å². The van der Waals surface area contributed by atoms with E-state index in [1.165, 1.54) is 6.42 Å². The zero-order valence-corrected chi connectivity index (χ0v) is 42.7. The van der Waals surface area contributed by atoms with Crippen molar-refractivity contribution in [2.24, 2.45) is 23.7 Å². The van der Waals surface area contributed by atoms with E-state index in [1.807, 2.05) is 32.9 Å². The molecule has 0 radical (unpaired) electrons. The molecule has 396 valence electrons. The van der Waals surface area contributed by atoms with E-state index in [0.717, 1.165) is 31.3 Å². The molecule has 0 aromatic carbocycles. The van der Waals surface area contributed by atoms with Crippen LogP contribution in [0, 0.1) is 23.7 Å². The van der Waals surface area contributed by atoms with Crippen molar-refractivity contribution in [2.75, 3.05) is 20.8 Å². The van der Waals surface area contributed by atoms with Crippen LogP contribution in [0.25, 0.3) is 0 Å². The minimum Gasteiger partial charge on any atom is -0.481 e. The van der Waals surface area contributed by atoms with Crippen LogP contribution in [0.4, 0.5) is 0 Å². The third kappa shape index (κ3) is 12.0. The largest absolute Gasteiger partial charge is 0.481 e. The lowest BCUT2D eigenvalue weighted by molar-refractivity contribution is -0.318. The van der Waals surface area contributed by atoms with Crippen molar-refractivity contribution in [1.29, 1.82) is 0 Å². The highest BCUT2D eigenvalue weighted by Gasteiger charge is 2.61. The number of carbonyl (C=O) groups excluding carboxylic acids is 2. The van der Waals surface area contributed by atoms with E-state index in [2.05, 4.69) is 19.1 Å². The number of aliphatic hydroxyl groups is 2. The van der Waals surface area contributed by atoms with Crippen molar-refractivity contribution in [3.05, 3.63) is 59.3 Å². The van der Waals surface area contributed by atoms with Gasteiger partial charge in [-0.2, -0.15) is 0 Å². The van der Waals surface area contributed by atoms with Gasteiger partial charge in [-0.25, -0.2) is 0 Å². The lowest BCUT2D eigenvalue weighted by Gasteiger charge is -2.49. The van der Waals surface area contributed by atoms with Crippen LogP contribution in [0.1, 0.15) is 119 Å². The third-order valence-corrected chi connectivity index (χ3v) is 16.2. The van der Waals surface area contributed by atoms with Gasteiger partial charge in [-0.15, -0.1) is 0 Å². The molecule has 4 saturated heterocycles. The van der Waals surface area contributed by atoms with Crippen molar-refractivity contribution in [3.8, 4) is 0 Å². The molecule has 17 nitrogen and oxygen atoms in total. The fourth-order valence-electron chi connectivity index (χ4n) is 12.2. The van der Waals surface area contributed by atoms with E-state index in [0.29, 0.717) is 42.7 Å². The van der Waals surface area contributed by atoms with Gasteiger partial charge in [0.2, 0.25) is 0 Å². The van der Waals surface area contributed by atoms with Crippen LogP contribution in [0.3, 0.4) is 0 Å². The van der Waals surface area contributed by atoms with Crippen LogP contribution >= 0.6 is 0 Å². The molecule has 5 fully saturated rings. The van der Waals surface area contributed by atoms with Gasteiger partial charge in [-0.1, -0.05) is 69.6 Å². The predicted octanol–water partition coefficient (Wildman–Crippen LogP) is 6.33. The molecule has 71 heavy (non-hydrogen) atoms. The quantitative estimate of drug-likeness (QED) is 0.152. The van der Waals surface area contributed by atoms with Gasteiger partial charge in [0.1, 0.15) is 35.9 Å². The maximum Gasteiger partial charge on any atom is 0.316 e. The van der Waals surface area contributed by atoms with Crippen LogP contribution < -0.4 is 0 Å². The number of hydrogen-bond acceptors (Lipinski definition) is 16. The van der Waals surface area contributed by atoms with E-state index in [9.17, 15) is 29.7 Å². The first-order valence-electron chi connectivity index (χ1n) is 26.0. The van der Waals surface area contributed by atoms with E-state index in [-0.39, 0.29) is 37.4 Å². The Morgan fingerprint density at radius 3 is 2.28 bits per heavy atom. The zero-order chi connectivity index (χ0) is 50.8. The molecule has 3 N–H and O–H groups in total. The molecule has 0 unspecified atom stereocenters. The maximum absolute atomic E-state index is 14.7. The van der Waals surface area contributed by atoms with Gasteiger partial charge >= 0.3 is 17.9 Å². The number of allylic oxidation sites excluding steroid dienone is 2. The fraction of sp³-hybridized carbons (Fsp3) is 0.759. The van der Waals surface area contributed by atoms with Crippen molar-refractivity contribution < 1.29 is 81.8 Å². The molecular weight excluding hydrogens is 921 g/mol. The lowest BCUT2D eigenvalue weighted by atomic mass is 9.70. The van der Waals surface area contributed by atoms with E-state index < -0.39 is 121 Å². The van der Waals surface area contributed by atoms with Crippen molar-refractivity contribution in [3.63, 3.8) is 0 Å². The molecule has 8 rings (SSSR count). The SMILES string of the molecule is CO[C@H]1C[C@H](O[C@H]2[C@H](C)O[C@@H](O[C@@H]3/C(C)=C/C[C@@H]4C[C@@H](C[C@]5(C=C[C@H](C)[C@@H](C6CCCCC6)O5)O4)OC(=O)[C@@H]4C=C(C)[C@@H](OC(=O)CCC(=O)O)[C@H]5OC/C(=C\C=C\[C@@H]3C)[C@]54O)C[C@@H]2OC)O[C@@H](C)[C@@H]1O. The first-order valence-corrected chi connectivity index (χ1v) is 26.0. The average Bonchev–Trinajstić information content (AvgIpc) is 3.68. The minimum atomic E-state index is -2.00. The molecule has 0 aromatic rings. The van der Waals surface area contributed by atoms with Gasteiger partial charge in [0.25, 0.3) is 0 Å². The summed E-state index contributed by atoms with van der Waals surface area (Å²) < 4.78 is 70.3. The van der Waals surface area contributed by atoms with Gasteiger partial charge in [-0.05, 0) is 75.7 Å². The summed E-state index contributed by atoms with van der Waals surface area (Å²) in [6.45, 7) is 11.6. The second-order valence-corrected chi connectivity index (χ2v) is 21.3. The maximum atomic E-state index is 14.7. The summed E-state index contributed by atoms with van der Waals surface area (Å²) >= 11 is 0. The van der Waals surface area contributed by atoms with Gasteiger partial charge in [0.05, 0.1) is 62.2 Å². The summed E-state index contributed by atoms with van der Waals surface area (Å²) in [5.41, 5.74) is -0.224. The molecule has 0 aromatic heterocycles. The summed E-state index contributed by atoms with van der Waals surface area (Å²) in [5, 5.41) is 32.8. The van der Waals surface area contributed by atoms with Crippen molar-refractivity contribution >= 4 is 17.9 Å². The Labute approximate surface area is 418 Å². The van der Waals surface area contributed by atoms with Crippen LogP contribution in [0.2, 0.25) is 0 Å². The molecule has 19 atom stereocenters. The fourth-order valence-corrected chi connectivity index (χ4v) is 12.2. The lowest BCUT2D eigenvalue weighted by Crippen LogP contribution is -2.59. The second-order valence-electron chi connectivity index (χ2n) is 21.3. The Bertz CT molecular complexity index is 2040. The molecule has 1 saturated carbocycles. The topological polar surface area (TPSA) is 213 Å². The molecule has 6 aliphatic heterocycles. The number of carbonyl (C=O) groups is 3. The molecule has 17 heteroatoms. The van der Waals surface area contributed by atoms with Gasteiger partial charge in [-0.3, -0.25) is 14.4 Å². The van der Waals surface area contributed by atoms with Gasteiger partial charge in [0, 0.05) is 51.7 Å². The molecule has 0 amide bonds. The number of methoxy groups -OCH3 is 2. The summed E-state index contributed by atoms with van der Waals surface area (Å²) in [5.74, 6) is -4.71. The van der Waals surface area contributed by atoms with Gasteiger partial charge in [0.15, 0.2) is 24.5 Å². The normalized spacial score (nSPS) is 45.4. The van der Waals surface area contributed by atoms with Crippen LogP contribution in [-0.2, 0) is 66.5 Å². The number of ether oxygens (including phenoxy) is 11. The summed E-state index contributed by atoms with van der Waals surface area (Å²) in [6.07, 6.45) is 11.6. The number of rotatable bonds is 11. The second kappa shape index (κ2) is 23.1. The minimum absolute atomic E-state index is 0.0763. The van der Waals surface area contributed by atoms with E-state index in [4.69, 9.17) is 52.1 Å². The molecular formula is C54H78O17. The van der Waals surface area contributed by atoms with Crippen molar-refractivity contribution in [2.45, 2.75) is 216 Å². The number of aliphatic carboxylic acids is 1. The van der Waals surface area contributed by atoms with E-state index in [1.54, 1.807) is 46.3 Å². The number of hydrogen-bond donors (Lipinski definition) is 3. The monoisotopic (exact) mass is 999 g/mol. The highest BCUT2D eigenvalue weighted by molar-refractivity contribution is 5.79. The van der Waals surface area contributed by atoms with Crippen LogP contribution in [0.5, 0.6) is 0 Å². The first-order chi connectivity index (χ1) is 33.9. The Morgan fingerprint density at radius 2 is 1.55 bits per heavy atom.